The second-order valence-corrected chi connectivity index (χ2v) is 6.19. The highest BCUT2D eigenvalue weighted by Crippen LogP contribution is 2.10. The van der Waals surface area contributed by atoms with E-state index < -0.39 is 0 Å². The summed E-state index contributed by atoms with van der Waals surface area (Å²) >= 11 is 0. The molecule has 26 heavy (non-hydrogen) atoms. The maximum Gasteiger partial charge on any atom is 0.149 e. The van der Waals surface area contributed by atoms with E-state index >= 15 is 0 Å². The van der Waals surface area contributed by atoms with Crippen LogP contribution in [0.2, 0.25) is 0 Å². The predicted molar refractivity (Wildman–Crippen MR) is 108 cm³/mol. The fourth-order valence-corrected chi connectivity index (χ4v) is 2.73. The number of allylic oxidation sites excluding steroid dienone is 2. The number of aliphatic imine (C=N–C) groups is 1. The molecule has 1 unspecified atom stereocenters. The number of amidine groups is 1. The molecule has 0 radical (unpaired) electrons. The molecule has 0 spiro atoms. The van der Waals surface area contributed by atoms with Crippen molar-refractivity contribution in [2.45, 2.75) is 26.7 Å². The van der Waals surface area contributed by atoms with E-state index in [-0.39, 0.29) is 0 Å². The molecule has 1 fully saturated rings. The van der Waals surface area contributed by atoms with Crippen molar-refractivity contribution in [3.8, 4) is 0 Å². The van der Waals surface area contributed by atoms with Crippen LogP contribution < -0.4 is 16.1 Å². The molecule has 0 bridgehead atoms. The molecular weight excluding hydrogens is 326 g/mol. The molecule has 0 aromatic carbocycles. The van der Waals surface area contributed by atoms with Crippen LogP contribution in [0.15, 0.2) is 40.3 Å². The van der Waals surface area contributed by atoms with E-state index in [0.29, 0.717) is 5.92 Å². The number of rotatable bonds is 7. The van der Waals surface area contributed by atoms with Gasteiger partial charge in [0.1, 0.15) is 11.5 Å². The zero-order valence-corrected chi connectivity index (χ0v) is 15.9. The van der Waals surface area contributed by atoms with Gasteiger partial charge in [0.15, 0.2) is 0 Å². The normalized spacial score (nSPS) is 19.3. The van der Waals surface area contributed by atoms with Crippen LogP contribution in [0.3, 0.4) is 0 Å². The van der Waals surface area contributed by atoms with Gasteiger partial charge in [-0.15, -0.1) is 0 Å². The molecule has 0 saturated carbocycles. The first-order valence-electron chi connectivity index (χ1n) is 9.05. The van der Waals surface area contributed by atoms with Gasteiger partial charge in [-0.25, -0.2) is 4.98 Å². The van der Waals surface area contributed by atoms with Crippen molar-refractivity contribution in [3.63, 3.8) is 0 Å². The second-order valence-electron chi connectivity index (χ2n) is 6.19. The first-order chi connectivity index (χ1) is 12.7. The smallest absolute Gasteiger partial charge is 0.149 e. The van der Waals surface area contributed by atoms with Crippen LogP contribution in [0, 0.1) is 5.92 Å². The molecule has 0 amide bonds. The van der Waals surface area contributed by atoms with Crippen LogP contribution in [-0.2, 0) is 0 Å². The minimum atomic E-state index is 0.617. The number of nitrogens with one attached hydrogen (secondary N) is 3. The number of aromatic nitrogens is 2. The lowest BCUT2D eigenvalue weighted by molar-refractivity contribution is 0.375. The lowest BCUT2D eigenvalue weighted by Crippen LogP contribution is -2.38. The summed E-state index contributed by atoms with van der Waals surface area (Å²) in [5.74, 6) is 1.39. The van der Waals surface area contributed by atoms with Gasteiger partial charge in [-0.1, -0.05) is 6.08 Å². The van der Waals surface area contributed by atoms with Crippen molar-refractivity contribution in [2.24, 2.45) is 16.0 Å². The van der Waals surface area contributed by atoms with Crippen LogP contribution in [0.1, 0.15) is 38.1 Å². The maximum atomic E-state index is 4.49. The molecule has 140 valence electrons. The SMILES string of the molecule is C/C=N\N/C=C(C)/C=C/c1nccnc1/C(=N\C)NCC1CCCNC1. The molecule has 1 saturated heterocycles. The highest BCUT2D eigenvalue weighted by molar-refractivity contribution is 5.99. The predicted octanol–water partition coefficient (Wildman–Crippen LogP) is 1.95. The molecule has 2 rings (SSSR count). The largest absolute Gasteiger partial charge is 0.368 e. The van der Waals surface area contributed by atoms with Crippen molar-refractivity contribution in [1.82, 2.24) is 26.0 Å². The van der Waals surface area contributed by atoms with Crippen LogP contribution in [0.5, 0.6) is 0 Å². The van der Waals surface area contributed by atoms with E-state index in [2.05, 4.69) is 36.1 Å². The molecule has 1 atom stereocenters. The number of hydrogen-bond donors (Lipinski definition) is 3. The topological polar surface area (TPSA) is 86.6 Å². The molecule has 0 aliphatic carbocycles. The number of hydrazone groups is 1. The minimum absolute atomic E-state index is 0.617. The molecule has 1 aliphatic heterocycles. The molecule has 2 heterocycles. The number of nitrogens with zero attached hydrogens (tertiary/aromatic N) is 4. The van der Waals surface area contributed by atoms with E-state index in [1.807, 2.05) is 32.2 Å². The molecule has 3 N–H and O–H groups in total. The summed E-state index contributed by atoms with van der Waals surface area (Å²) in [6.45, 7) is 6.91. The lowest BCUT2D eigenvalue weighted by Gasteiger charge is -2.23. The van der Waals surface area contributed by atoms with E-state index in [4.69, 9.17) is 0 Å². The van der Waals surface area contributed by atoms with Gasteiger partial charge in [0.25, 0.3) is 0 Å². The van der Waals surface area contributed by atoms with Gasteiger partial charge in [-0.2, -0.15) is 5.10 Å². The van der Waals surface area contributed by atoms with Crippen molar-refractivity contribution < 1.29 is 0 Å². The summed E-state index contributed by atoms with van der Waals surface area (Å²) in [7, 11) is 1.78. The maximum absolute atomic E-state index is 4.49. The van der Waals surface area contributed by atoms with E-state index in [9.17, 15) is 0 Å². The fraction of sp³-hybridized carbons (Fsp3) is 0.474. The Bertz CT molecular complexity index is 670. The third kappa shape index (κ3) is 6.40. The fourth-order valence-electron chi connectivity index (χ4n) is 2.73. The van der Waals surface area contributed by atoms with Crippen molar-refractivity contribution >= 4 is 18.1 Å². The van der Waals surface area contributed by atoms with Gasteiger partial charge in [-0.05, 0) is 57.3 Å². The first-order valence-corrected chi connectivity index (χ1v) is 9.05. The zero-order valence-electron chi connectivity index (χ0n) is 15.9. The third-order valence-corrected chi connectivity index (χ3v) is 4.13. The number of piperidine rings is 1. The van der Waals surface area contributed by atoms with Gasteiger partial charge < -0.3 is 10.6 Å². The van der Waals surface area contributed by atoms with Gasteiger partial charge in [0.2, 0.25) is 0 Å². The zero-order chi connectivity index (χ0) is 18.6. The highest BCUT2D eigenvalue weighted by atomic mass is 15.3. The van der Waals surface area contributed by atoms with Gasteiger partial charge in [0.05, 0.1) is 5.69 Å². The molecule has 1 aromatic heterocycles. The second kappa shape index (κ2) is 11.1. The number of hydrogen-bond acceptors (Lipinski definition) is 6. The van der Waals surface area contributed by atoms with Gasteiger partial charge in [0, 0.05) is 38.4 Å². The summed E-state index contributed by atoms with van der Waals surface area (Å²) in [4.78, 5) is 13.3. The van der Waals surface area contributed by atoms with Gasteiger partial charge >= 0.3 is 0 Å². The molecule has 7 nitrogen and oxygen atoms in total. The van der Waals surface area contributed by atoms with Crippen LogP contribution in [0.4, 0.5) is 0 Å². The standard InChI is InChI=1S/C19H29N7/c1-4-25-26-12-15(2)7-8-17-18(23-11-10-22-17)19(20-3)24-14-16-6-5-9-21-13-16/h4,7-8,10-12,16,21,26H,5-6,9,13-14H2,1-3H3,(H,20,24)/b8-7+,15-12+,25-4-. The molecule has 1 aliphatic rings. The molecular formula is C19H29N7. The van der Waals surface area contributed by atoms with E-state index in [1.165, 1.54) is 12.8 Å². The average Bonchev–Trinajstić information content (AvgIpc) is 2.68. The summed E-state index contributed by atoms with van der Waals surface area (Å²) < 4.78 is 0. The quantitative estimate of drug-likeness (QED) is 0.301. The Morgan fingerprint density at radius 1 is 1.38 bits per heavy atom. The van der Waals surface area contributed by atoms with Crippen molar-refractivity contribution in [2.75, 3.05) is 26.7 Å². The average molecular weight is 355 g/mol. The Balaban J connectivity index is 2.06. The van der Waals surface area contributed by atoms with Crippen LogP contribution in [-0.4, -0.2) is 48.7 Å². The Kier molecular flexibility index (Phi) is 8.48. The summed E-state index contributed by atoms with van der Waals surface area (Å²) in [6, 6.07) is 0. The Hall–Kier alpha value is -2.54. The summed E-state index contributed by atoms with van der Waals surface area (Å²) in [5, 5.41) is 10.8. The van der Waals surface area contributed by atoms with Gasteiger partial charge in [-0.3, -0.25) is 15.4 Å². The molecule has 7 heteroatoms. The lowest BCUT2D eigenvalue weighted by atomic mass is 10.00. The molecule has 1 aromatic rings. The van der Waals surface area contributed by atoms with E-state index in [0.717, 1.165) is 42.4 Å². The minimum Gasteiger partial charge on any atom is -0.368 e. The van der Waals surface area contributed by atoms with Crippen LogP contribution >= 0.6 is 0 Å². The first kappa shape index (κ1) is 19.8. The summed E-state index contributed by atoms with van der Waals surface area (Å²) in [6.07, 6.45) is 13.3. The van der Waals surface area contributed by atoms with Crippen LogP contribution in [0.25, 0.3) is 6.08 Å². The monoisotopic (exact) mass is 355 g/mol. The van der Waals surface area contributed by atoms with Crippen molar-refractivity contribution in [1.29, 1.82) is 0 Å². The van der Waals surface area contributed by atoms with Crippen molar-refractivity contribution in [3.05, 3.63) is 41.6 Å². The van der Waals surface area contributed by atoms with E-state index in [1.54, 1.807) is 25.7 Å². The Morgan fingerprint density at radius 2 is 2.23 bits per heavy atom. The highest BCUT2D eigenvalue weighted by Gasteiger charge is 2.15. The summed E-state index contributed by atoms with van der Waals surface area (Å²) in [5.41, 5.74) is 5.44. The Morgan fingerprint density at radius 3 is 2.96 bits per heavy atom. The third-order valence-electron chi connectivity index (χ3n) is 4.13. The Labute approximate surface area is 155 Å².